The summed E-state index contributed by atoms with van der Waals surface area (Å²) in [7, 11) is 0. The maximum absolute atomic E-state index is 13.9. The average molecular weight is 384 g/mol. The van der Waals surface area contributed by atoms with Crippen LogP contribution in [0.25, 0.3) is 0 Å². The van der Waals surface area contributed by atoms with E-state index in [2.05, 4.69) is 0 Å². The van der Waals surface area contributed by atoms with Crippen LogP contribution in [0.5, 0.6) is 0 Å². The van der Waals surface area contributed by atoms with Crippen molar-refractivity contribution in [1.29, 1.82) is 0 Å². The van der Waals surface area contributed by atoms with Gasteiger partial charge >= 0.3 is 0 Å². The smallest absolute Gasteiger partial charge is 0.253 e. The van der Waals surface area contributed by atoms with Gasteiger partial charge in [-0.1, -0.05) is 19.1 Å². The van der Waals surface area contributed by atoms with Gasteiger partial charge in [0, 0.05) is 31.7 Å². The van der Waals surface area contributed by atoms with Crippen LogP contribution in [0.3, 0.4) is 0 Å². The number of hydrogen-bond acceptors (Lipinski definition) is 2. The first-order valence-corrected chi connectivity index (χ1v) is 8.49. The van der Waals surface area contributed by atoms with Crippen LogP contribution >= 0.6 is 0 Å². The molecule has 2 aromatic carbocycles. The molecule has 0 N–H and O–H groups in total. The zero-order valence-electron chi connectivity index (χ0n) is 14.5. The predicted molar refractivity (Wildman–Crippen MR) is 90.2 cm³/mol. The van der Waals surface area contributed by atoms with Gasteiger partial charge in [-0.3, -0.25) is 4.79 Å². The van der Waals surface area contributed by atoms with E-state index < -0.39 is 34.8 Å². The highest BCUT2D eigenvalue weighted by molar-refractivity contribution is 5.94. The van der Waals surface area contributed by atoms with Crippen LogP contribution in [0, 0.1) is 29.1 Å². The number of hydrogen-bond donors (Lipinski definition) is 0. The second-order valence-electron chi connectivity index (χ2n) is 6.25. The Kier molecular flexibility index (Phi) is 5.34. The minimum absolute atomic E-state index is 0.0445. The van der Waals surface area contributed by atoms with Gasteiger partial charge in [-0.15, -0.1) is 0 Å². The summed E-state index contributed by atoms with van der Waals surface area (Å²) in [5.74, 6) is -10.1. The number of carbonyl (C=O) groups is 1. The lowest BCUT2D eigenvalue weighted by Crippen LogP contribution is -2.49. The molecule has 1 heterocycles. The summed E-state index contributed by atoms with van der Waals surface area (Å²) >= 11 is 0. The molecule has 1 saturated heterocycles. The van der Waals surface area contributed by atoms with Crippen molar-refractivity contribution in [2.75, 3.05) is 31.1 Å². The van der Waals surface area contributed by atoms with Gasteiger partial charge in [0.15, 0.2) is 23.3 Å². The Labute approximate surface area is 153 Å². The highest BCUT2D eigenvalue weighted by Crippen LogP contribution is 2.31. The Morgan fingerprint density at radius 3 is 1.78 bits per heavy atom. The lowest BCUT2D eigenvalue weighted by Gasteiger charge is -2.36. The van der Waals surface area contributed by atoms with Crippen molar-refractivity contribution in [2.45, 2.75) is 13.3 Å². The molecule has 3 rings (SSSR count). The van der Waals surface area contributed by atoms with Gasteiger partial charge in [0.05, 0.1) is 0 Å². The standard InChI is InChI=1S/C19H17F5N2O/c1-2-11-3-5-12(6-4-11)19(27)26-9-7-25(8-10-26)18-16(23)14(21)13(20)15(22)17(18)24/h3-6H,2,7-10H2,1H3. The zero-order chi connectivity index (χ0) is 19.7. The summed E-state index contributed by atoms with van der Waals surface area (Å²) in [6.07, 6.45) is 0.842. The minimum Gasteiger partial charge on any atom is -0.363 e. The molecule has 1 amide bonds. The number of amides is 1. The summed E-state index contributed by atoms with van der Waals surface area (Å²) in [4.78, 5) is 15.1. The van der Waals surface area contributed by atoms with Crippen LogP contribution in [0.15, 0.2) is 24.3 Å². The Bertz CT molecular complexity index is 832. The van der Waals surface area contributed by atoms with E-state index >= 15 is 0 Å². The maximum atomic E-state index is 13.9. The molecular formula is C19H17F5N2O. The van der Waals surface area contributed by atoms with E-state index in [4.69, 9.17) is 0 Å². The number of anilines is 1. The van der Waals surface area contributed by atoms with Crippen molar-refractivity contribution < 1.29 is 26.7 Å². The van der Waals surface area contributed by atoms with Gasteiger partial charge in [0.1, 0.15) is 5.69 Å². The normalized spacial score (nSPS) is 14.6. The number of piperazine rings is 1. The van der Waals surface area contributed by atoms with E-state index in [1.165, 1.54) is 4.90 Å². The molecule has 27 heavy (non-hydrogen) atoms. The number of carbonyl (C=O) groups excluding carboxylic acids is 1. The molecule has 144 valence electrons. The van der Waals surface area contributed by atoms with E-state index in [-0.39, 0.29) is 32.1 Å². The van der Waals surface area contributed by atoms with Crippen molar-refractivity contribution in [3.05, 3.63) is 64.5 Å². The molecule has 1 aliphatic heterocycles. The number of nitrogens with zero attached hydrogens (tertiary/aromatic N) is 2. The molecular weight excluding hydrogens is 367 g/mol. The molecule has 2 aromatic rings. The van der Waals surface area contributed by atoms with Gasteiger partial charge in [-0.2, -0.15) is 0 Å². The van der Waals surface area contributed by atoms with Crippen LogP contribution in [0.2, 0.25) is 0 Å². The molecule has 3 nitrogen and oxygen atoms in total. The Balaban J connectivity index is 1.75. The van der Waals surface area contributed by atoms with Gasteiger partial charge in [-0.25, -0.2) is 22.0 Å². The van der Waals surface area contributed by atoms with Crippen LogP contribution in [0.1, 0.15) is 22.8 Å². The van der Waals surface area contributed by atoms with Crippen molar-refractivity contribution in [3.63, 3.8) is 0 Å². The van der Waals surface area contributed by atoms with Crippen LogP contribution in [0.4, 0.5) is 27.6 Å². The van der Waals surface area contributed by atoms with Gasteiger partial charge in [0.2, 0.25) is 5.82 Å². The average Bonchev–Trinajstić information content (AvgIpc) is 2.71. The third kappa shape index (κ3) is 3.48. The Morgan fingerprint density at radius 2 is 1.30 bits per heavy atom. The molecule has 1 aliphatic rings. The number of rotatable bonds is 3. The maximum Gasteiger partial charge on any atom is 0.253 e. The molecule has 0 unspecified atom stereocenters. The SMILES string of the molecule is CCc1ccc(C(=O)N2CCN(c3c(F)c(F)c(F)c(F)c3F)CC2)cc1. The van der Waals surface area contributed by atoms with Gasteiger partial charge in [0.25, 0.3) is 5.91 Å². The van der Waals surface area contributed by atoms with E-state index in [1.54, 1.807) is 12.1 Å². The molecule has 1 fully saturated rings. The molecule has 0 atom stereocenters. The van der Waals surface area contributed by atoms with Gasteiger partial charge in [-0.05, 0) is 24.1 Å². The fourth-order valence-corrected chi connectivity index (χ4v) is 3.07. The molecule has 0 bridgehead atoms. The fourth-order valence-electron chi connectivity index (χ4n) is 3.07. The van der Waals surface area contributed by atoms with E-state index in [9.17, 15) is 26.7 Å². The second-order valence-corrected chi connectivity index (χ2v) is 6.25. The summed E-state index contributed by atoms with van der Waals surface area (Å²) in [5, 5.41) is 0. The van der Waals surface area contributed by atoms with Gasteiger partial charge < -0.3 is 9.80 Å². The lowest BCUT2D eigenvalue weighted by atomic mass is 10.1. The number of aryl methyl sites for hydroxylation is 1. The summed E-state index contributed by atoms with van der Waals surface area (Å²) in [6.45, 7) is 2.12. The van der Waals surface area contributed by atoms with E-state index in [0.29, 0.717) is 5.56 Å². The number of benzene rings is 2. The van der Waals surface area contributed by atoms with Crippen LogP contribution < -0.4 is 4.90 Å². The third-order valence-corrected chi connectivity index (χ3v) is 4.68. The molecule has 0 spiro atoms. The van der Waals surface area contributed by atoms with E-state index in [0.717, 1.165) is 16.9 Å². The second kappa shape index (κ2) is 7.54. The minimum atomic E-state index is -2.18. The largest absolute Gasteiger partial charge is 0.363 e. The van der Waals surface area contributed by atoms with E-state index in [1.807, 2.05) is 19.1 Å². The molecule has 8 heteroatoms. The molecule has 0 aromatic heterocycles. The highest BCUT2D eigenvalue weighted by atomic mass is 19.2. The third-order valence-electron chi connectivity index (χ3n) is 4.68. The zero-order valence-corrected chi connectivity index (χ0v) is 14.5. The fraction of sp³-hybridized carbons (Fsp3) is 0.316. The van der Waals surface area contributed by atoms with Crippen LogP contribution in [-0.4, -0.2) is 37.0 Å². The Hall–Kier alpha value is -2.64. The van der Waals surface area contributed by atoms with Crippen LogP contribution in [-0.2, 0) is 6.42 Å². The first-order chi connectivity index (χ1) is 12.8. The summed E-state index contributed by atoms with van der Waals surface area (Å²) in [5.41, 5.74) is 0.616. The topological polar surface area (TPSA) is 23.6 Å². The van der Waals surface area contributed by atoms with Crippen molar-refractivity contribution in [2.24, 2.45) is 0 Å². The lowest BCUT2D eigenvalue weighted by molar-refractivity contribution is 0.0746. The monoisotopic (exact) mass is 384 g/mol. The quantitative estimate of drug-likeness (QED) is 0.455. The van der Waals surface area contributed by atoms with Crippen molar-refractivity contribution in [1.82, 2.24) is 4.90 Å². The molecule has 0 radical (unpaired) electrons. The number of halogens is 5. The predicted octanol–water partition coefficient (Wildman–Crippen LogP) is 3.91. The first-order valence-electron chi connectivity index (χ1n) is 8.49. The van der Waals surface area contributed by atoms with Crippen molar-refractivity contribution >= 4 is 11.6 Å². The molecule has 0 aliphatic carbocycles. The summed E-state index contributed by atoms with van der Waals surface area (Å²) < 4.78 is 67.8. The molecule has 0 saturated carbocycles. The Morgan fingerprint density at radius 1 is 0.815 bits per heavy atom. The summed E-state index contributed by atoms with van der Waals surface area (Å²) in [6, 6.07) is 7.10. The highest BCUT2D eigenvalue weighted by Gasteiger charge is 2.31. The van der Waals surface area contributed by atoms with Crippen molar-refractivity contribution in [3.8, 4) is 0 Å². The first kappa shape index (κ1) is 19.1.